The second kappa shape index (κ2) is 2.50. The fourth-order valence-corrected chi connectivity index (χ4v) is 2.06. The lowest BCUT2D eigenvalue weighted by atomic mass is 9.98. The first-order valence-corrected chi connectivity index (χ1v) is 4.96. The number of fused-ring (bicyclic) bond motifs is 3. The van der Waals surface area contributed by atoms with Gasteiger partial charge in [0, 0.05) is 19.4 Å². The maximum atomic E-state index is 4.64. The summed E-state index contributed by atoms with van der Waals surface area (Å²) >= 11 is 0. The molecule has 0 saturated carbocycles. The number of rotatable bonds is 0. The predicted molar refractivity (Wildman–Crippen MR) is 56.1 cm³/mol. The fourth-order valence-electron chi connectivity index (χ4n) is 2.06. The van der Waals surface area contributed by atoms with Gasteiger partial charge in [0.15, 0.2) is 0 Å². The van der Waals surface area contributed by atoms with E-state index in [0.717, 1.165) is 12.2 Å². The third-order valence-corrected chi connectivity index (χ3v) is 2.86. The van der Waals surface area contributed by atoms with E-state index in [2.05, 4.69) is 39.2 Å². The summed E-state index contributed by atoms with van der Waals surface area (Å²) in [5, 5.41) is 0. The maximum Gasteiger partial charge on any atom is 0.214 e. The van der Waals surface area contributed by atoms with Crippen molar-refractivity contribution in [2.45, 2.75) is 13.3 Å². The molecule has 0 saturated heterocycles. The van der Waals surface area contributed by atoms with Crippen LogP contribution in [0, 0.1) is 5.92 Å². The van der Waals surface area contributed by atoms with Gasteiger partial charge in [-0.05, 0) is 18.4 Å². The monoisotopic (exact) mass is 187 g/mol. The Morgan fingerprint density at radius 2 is 2.29 bits per heavy atom. The number of aromatic nitrogens is 3. The summed E-state index contributed by atoms with van der Waals surface area (Å²) < 4.78 is 4.20. The van der Waals surface area contributed by atoms with Crippen molar-refractivity contribution in [2.24, 2.45) is 13.0 Å². The summed E-state index contributed by atoms with van der Waals surface area (Å²) in [6, 6.07) is 0. The molecule has 0 radical (unpaired) electrons. The zero-order valence-electron chi connectivity index (χ0n) is 8.44. The van der Waals surface area contributed by atoms with Gasteiger partial charge in [0.25, 0.3) is 0 Å². The molecule has 3 nitrogen and oxygen atoms in total. The van der Waals surface area contributed by atoms with Gasteiger partial charge in [0.1, 0.15) is 0 Å². The summed E-state index contributed by atoms with van der Waals surface area (Å²) in [5.41, 5.74) is 2.48. The molecule has 2 aromatic rings. The maximum absolute atomic E-state index is 4.64. The number of nitrogens with zero attached hydrogens (tertiary/aromatic N) is 3. The van der Waals surface area contributed by atoms with E-state index in [1.807, 2.05) is 13.2 Å². The molecule has 72 valence electrons. The second-order valence-corrected chi connectivity index (χ2v) is 4.06. The van der Waals surface area contributed by atoms with Crippen LogP contribution >= 0.6 is 0 Å². The predicted octanol–water partition coefficient (Wildman–Crippen LogP) is 1.88. The first-order chi connectivity index (χ1) is 6.75. The van der Waals surface area contributed by atoms with Gasteiger partial charge < -0.3 is 4.57 Å². The molecular formula is C11H13N3. The number of hydrogen-bond acceptors (Lipinski definition) is 1. The zero-order valence-corrected chi connectivity index (χ0v) is 8.44. The normalized spacial score (nSPS) is 20.3. The van der Waals surface area contributed by atoms with Crippen molar-refractivity contribution in [1.82, 2.24) is 14.0 Å². The van der Waals surface area contributed by atoms with E-state index in [1.165, 1.54) is 11.4 Å². The average Bonchev–Trinajstić information content (AvgIpc) is 2.66. The Labute approximate surface area is 82.7 Å². The van der Waals surface area contributed by atoms with Crippen molar-refractivity contribution < 1.29 is 0 Å². The number of hydrogen-bond donors (Lipinski definition) is 0. The van der Waals surface area contributed by atoms with Gasteiger partial charge in [-0.2, -0.15) is 0 Å². The fraction of sp³-hybridized carbons (Fsp3) is 0.364. The molecule has 1 aliphatic carbocycles. The first-order valence-electron chi connectivity index (χ1n) is 4.96. The molecule has 0 spiro atoms. The molecule has 0 bridgehead atoms. The van der Waals surface area contributed by atoms with Crippen LogP contribution in [0.1, 0.15) is 18.3 Å². The molecule has 0 aliphatic heterocycles. The summed E-state index contributed by atoms with van der Waals surface area (Å²) in [6.07, 6.45) is 9.61. The van der Waals surface area contributed by atoms with Crippen molar-refractivity contribution in [3.05, 3.63) is 29.9 Å². The van der Waals surface area contributed by atoms with Crippen LogP contribution in [0.5, 0.6) is 0 Å². The van der Waals surface area contributed by atoms with Crippen LogP contribution < -0.4 is 0 Å². The summed E-state index contributed by atoms with van der Waals surface area (Å²) in [4.78, 5) is 4.64. The van der Waals surface area contributed by atoms with Crippen LogP contribution in [0.2, 0.25) is 0 Å². The molecule has 2 heterocycles. The van der Waals surface area contributed by atoms with Crippen molar-refractivity contribution in [1.29, 1.82) is 0 Å². The minimum Gasteiger partial charge on any atom is -0.320 e. The minimum atomic E-state index is 0.618. The third-order valence-electron chi connectivity index (χ3n) is 2.86. The Bertz CT molecular complexity index is 516. The lowest BCUT2D eigenvalue weighted by Gasteiger charge is -2.09. The molecule has 1 unspecified atom stereocenters. The first kappa shape index (κ1) is 7.85. The standard InChI is InChI=1S/C11H13N3/c1-8-3-4-10-9(7-8)12-11-13(2)5-6-14(10)11/h3-6,8H,7H2,1-2H3. The lowest BCUT2D eigenvalue weighted by molar-refractivity contribution is 0.702. The van der Waals surface area contributed by atoms with Crippen molar-refractivity contribution in [3.63, 3.8) is 0 Å². The Hall–Kier alpha value is -1.51. The van der Waals surface area contributed by atoms with Crippen LogP contribution in [0.3, 0.4) is 0 Å². The van der Waals surface area contributed by atoms with Crippen LogP contribution in [0.4, 0.5) is 0 Å². The summed E-state index contributed by atoms with van der Waals surface area (Å²) in [7, 11) is 2.03. The molecule has 1 aliphatic rings. The number of aryl methyl sites for hydroxylation is 1. The van der Waals surface area contributed by atoms with Crippen molar-refractivity contribution in [2.75, 3.05) is 0 Å². The molecule has 0 amide bonds. The molecule has 0 fully saturated rings. The average molecular weight is 187 g/mol. The minimum absolute atomic E-state index is 0.618. The van der Waals surface area contributed by atoms with E-state index in [9.17, 15) is 0 Å². The van der Waals surface area contributed by atoms with E-state index in [0.29, 0.717) is 5.92 Å². The van der Waals surface area contributed by atoms with Gasteiger partial charge in [-0.3, -0.25) is 4.40 Å². The van der Waals surface area contributed by atoms with Crippen LogP contribution in [0.25, 0.3) is 11.9 Å². The third kappa shape index (κ3) is 0.895. The van der Waals surface area contributed by atoms with Crippen LogP contribution in [0.15, 0.2) is 18.5 Å². The Balaban J connectivity index is 2.32. The Morgan fingerprint density at radius 1 is 1.43 bits per heavy atom. The van der Waals surface area contributed by atoms with Crippen LogP contribution in [-0.2, 0) is 13.5 Å². The number of imidazole rings is 2. The van der Waals surface area contributed by atoms with E-state index in [-0.39, 0.29) is 0 Å². The van der Waals surface area contributed by atoms with Gasteiger partial charge in [0.05, 0.1) is 11.4 Å². The summed E-state index contributed by atoms with van der Waals surface area (Å²) in [5.74, 6) is 1.65. The van der Waals surface area contributed by atoms with E-state index >= 15 is 0 Å². The van der Waals surface area contributed by atoms with Gasteiger partial charge in [0.2, 0.25) is 5.78 Å². The highest BCUT2D eigenvalue weighted by Gasteiger charge is 2.17. The summed E-state index contributed by atoms with van der Waals surface area (Å²) in [6.45, 7) is 2.23. The lowest BCUT2D eigenvalue weighted by Crippen LogP contribution is -2.03. The highest BCUT2D eigenvalue weighted by Crippen LogP contribution is 2.23. The molecular weight excluding hydrogens is 174 g/mol. The van der Waals surface area contributed by atoms with Crippen LogP contribution in [-0.4, -0.2) is 14.0 Å². The highest BCUT2D eigenvalue weighted by atomic mass is 15.2. The number of allylic oxidation sites excluding steroid dienone is 1. The van der Waals surface area contributed by atoms with Crippen molar-refractivity contribution >= 4 is 11.9 Å². The van der Waals surface area contributed by atoms with E-state index < -0.39 is 0 Å². The zero-order chi connectivity index (χ0) is 9.71. The van der Waals surface area contributed by atoms with E-state index in [1.54, 1.807) is 0 Å². The molecule has 14 heavy (non-hydrogen) atoms. The smallest absolute Gasteiger partial charge is 0.214 e. The van der Waals surface area contributed by atoms with Crippen molar-refractivity contribution in [3.8, 4) is 0 Å². The van der Waals surface area contributed by atoms with Gasteiger partial charge in [-0.25, -0.2) is 4.98 Å². The molecule has 2 aromatic heterocycles. The molecule has 1 atom stereocenters. The Kier molecular flexibility index (Phi) is 1.40. The molecule has 3 rings (SSSR count). The highest BCUT2D eigenvalue weighted by molar-refractivity contribution is 5.56. The van der Waals surface area contributed by atoms with Gasteiger partial charge in [-0.15, -0.1) is 0 Å². The van der Waals surface area contributed by atoms with Gasteiger partial charge in [-0.1, -0.05) is 13.0 Å². The quantitative estimate of drug-likeness (QED) is 0.617. The van der Waals surface area contributed by atoms with Gasteiger partial charge >= 0.3 is 0 Å². The largest absolute Gasteiger partial charge is 0.320 e. The molecule has 3 heteroatoms. The van der Waals surface area contributed by atoms with E-state index in [4.69, 9.17) is 0 Å². The molecule has 0 N–H and O–H groups in total. The second-order valence-electron chi connectivity index (χ2n) is 4.06. The Morgan fingerprint density at radius 3 is 3.14 bits per heavy atom. The SMILES string of the molecule is CC1C=Cc2c(nc3n(C)ccn23)C1. The molecule has 0 aromatic carbocycles. The topological polar surface area (TPSA) is 22.2 Å².